The van der Waals surface area contributed by atoms with Crippen molar-refractivity contribution in [3.63, 3.8) is 0 Å². The topological polar surface area (TPSA) is 18.5 Å². The van der Waals surface area contributed by atoms with Crippen molar-refractivity contribution in [3.05, 3.63) is 48.6 Å². The largest absolute Gasteiger partial charge is 0.344 e. The standard InChI is InChI=1S/C42H74O2/c1-4-6-8-10-12-14-16-18-20-22-24-26-28-30-32-34-36-42(43-40-37-39(3)38-41(40)44-42)35-33-31-29-27-25-23-21-19-17-15-13-11-9-7-5-2/h12-15,18-21,39-41H,4-11,16-17,22-38H2,1-3H3/b14-12-,15-13-,20-18-,21-19-/t39?,40-,41+,42?. The molecule has 1 saturated carbocycles. The zero-order valence-corrected chi connectivity index (χ0v) is 29.8. The second kappa shape index (κ2) is 27.0. The van der Waals surface area contributed by atoms with Gasteiger partial charge in [0.15, 0.2) is 5.79 Å². The molecule has 0 spiro atoms. The van der Waals surface area contributed by atoms with Crippen LogP contribution in [-0.2, 0) is 9.47 Å². The van der Waals surface area contributed by atoms with Gasteiger partial charge in [-0.05, 0) is 95.8 Å². The Balaban J connectivity index is 1.51. The molecular weight excluding hydrogens is 536 g/mol. The molecule has 2 rings (SSSR count). The summed E-state index contributed by atoms with van der Waals surface area (Å²) in [5.41, 5.74) is 0. The van der Waals surface area contributed by atoms with Crippen LogP contribution in [0, 0.1) is 5.92 Å². The molecular formula is C42H74O2. The average Bonchev–Trinajstić information content (AvgIpc) is 3.52. The summed E-state index contributed by atoms with van der Waals surface area (Å²) in [7, 11) is 0. The van der Waals surface area contributed by atoms with E-state index in [0.717, 1.165) is 31.6 Å². The van der Waals surface area contributed by atoms with Gasteiger partial charge in [-0.2, -0.15) is 0 Å². The first-order valence-corrected chi connectivity index (χ1v) is 19.6. The summed E-state index contributed by atoms with van der Waals surface area (Å²) < 4.78 is 13.5. The van der Waals surface area contributed by atoms with E-state index in [4.69, 9.17) is 9.47 Å². The Labute approximate surface area is 275 Å². The van der Waals surface area contributed by atoms with Gasteiger partial charge >= 0.3 is 0 Å². The quantitative estimate of drug-likeness (QED) is 0.0619. The zero-order valence-electron chi connectivity index (χ0n) is 29.8. The van der Waals surface area contributed by atoms with Crippen LogP contribution in [0.5, 0.6) is 0 Å². The molecule has 2 heteroatoms. The minimum atomic E-state index is -0.280. The molecule has 4 atom stereocenters. The fourth-order valence-corrected chi connectivity index (χ4v) is 6.97. The monoisotopic (exact) mass is 611 g/mol. The number of hydrogen-bond donors (Lipinski definition) is 0. The van der Waals surface area contributed by atoms with Crippen molar-refractivity contribution in [2.75, 3.05) is 0 Å². The van der Waals surface area contributed by atoms with Crippen LogP contribution in [0.3, 0.4) is 0 Å². The summed E-state index contributed by atoms with van der Waals surface area (Å²) in [6, 6.07) is 0. The molecule has 0 N–H and O–H groups in total. The van der Waals surface area contributed by atoms with E-state index in [9.17, 15) is 0 Å². The summed E-state index contributed by atoms with van der Waals surface area (Å²) in [5.74, 6) is 0.470. The molecule has 1 saturated heterocycles. The van der Waals surface area contributed by atoms with Crippen molar-refractivity contribution < 1.29 is 9.47 Å². The predicted molar refractivity (Wildman–Crippen MR) is 194 cm³/mol. The molecule has 1 aliphatic heterocycles. The molecule has 2 unspecified atom stereocenters. The third-order valence-electron chi connectivity index (χ3n) is 9.68. The molecule has 0 aromatic heterocycles. The van der Waals surface area contributed by atoms with Gasteiger partial charge in [0.2, 0.25) is 0 Å². The summed E-state index contributed by atoms with van der Waals surface area (Å²) in [4.78, 5) is 0. The Hall–Kier alpha value is -1.12. The van der Waals surface area contributed by atoms with Gasteiger partial charge in [0.1, 0.15) is 0 Å². The molecule has 44 heavy (non-hydrogen) atoms. The van der Waals surface area contributed by atoms with Gasteiger partial charge in [-0.1, -0.05) is 140 Å². The molecule has 0 amide bonds. The van der Waals surface area contributed by atoms with Gasteiger partial charge in [0.05, 0.1) is 12.2 Å². The highest BCUT2D eigenvalue weighted by molar-refractivity contribution is 4.94. The lowest BCUT2D eigenvalue weighted by molar-refractivity contribution is -0.192. The lowest BCUT2D eigenvalue weighted by Gasteiger charge is -2.30. The predicted octanol–water partition coefficient (Wildman–Crippen LogP) is 13.9. The highest BCUT2D eigenvalue weighted by Gasteiger charge is 2.50. The van der Waals surface area contributed by atoms with E-state index in [1.807, 2.05) is 0 Å². The van der Waals surface area contributed by atoms with E-state index < -0.39 is 0 Å². The number of unbranched alkanes of at least 4 members (excludes halogenated alkanes) is 17. The molecule has 0 bridgehead atoms. The van der Waals surface area contributed by atoms with Crippen molar-refractivity contribution in [1.82, 2.24) is 0 Å². The highest BCUT2D eigenvalue weighted by Crippen LogP contribution is 2.45. The molecule has 1 aliphatic carbocycles. The Morgan fingerprint density at radius 2 is 0.795 bits per heavy atom. The fourth-order valence-electron chi connectivity index (χ4n) is 6.97. The second-order valence-electron chi connectivity index (χ2n) is 14.1. The van der Waals surface area contributed by atoms with Crippen LogP contribution in [0.2, 0.25) is 0 Å². The normalized spacial score (nSPS) is 23.8. The van der Waals surface area contributed by atoms with Gasteiger partial charge in [0, 0.05) is 12.8 Å². The minimum Gasteiger partial charge on any atom is -0.344 e. The van der Waals surface area contributed by atoms with Crippen molar-refractivity contribution in [1.29, 1.82) is 0 Å². The summed E-state index contributed by atoms with van der Waals surface area (Å²) >= 11 is 0. The van der Waals surface area contributed by atoms with Crippen LogP contribution in [-0.4, -0.2) is 18.0 Å². The van der Waals surface area contributed by atoms with Gasteiger partial charge in [0.25, 0.3) is 0 Å². The number of ether oxygens (including phenoxy) is 2. The van der Waals surface area contributed by atoms with Crippen LogP contribution in [0.1, 0.15) is 194 Å². The molecule has 0 aromatic rings. The van der Waals surface area contributed by atoms with E-state index in [-0.39, 0.29) is 5.79 Å². The highest BCUT2D eigenvalue weighted by atomic mass is 16.8. The SMILES string of the molecule is CCCCC/C=C\C/C=C\CCCCCCCCC1(CCCCCCC/C=C\C/C=C\CCCCC)O[C@H]2CC(C)C[C@H]2O1. The summed E-state index contributed by atoms with van der Waals surface area (Å²) in [6.07, 6.45) is 53.9. The van der Waals surface area contributed by atoms with E-state index in [2.05, 4.69) is 69.4 Å². The molecule has 2 nitrogen and oxygen atoms in total. The average molecular weight is 611 g/mol. The fraction of sp³-hybridized carbons (Fsp3) is 0.810. The molecule has 0 aromatic carbocycles. The minimum absolute atomic E-state index is 0.280. The molecule has 1 heterocycles. The summed E-state index contributed by atoms with van der Waals surface area (Å²) in [5, 5.41) is 0. The van der Waals surface area contributed by atoms with Gasteiger partial charge in [-0.3, -0.25) is 0 Å². The van der Waals surface area contributed by atoms with Crippen molar-refractivity contribution in [2.45, 2.75) is 212 Å². The van der Waals surface area contributed by atoms with E-state index in [0.29, 0.717) is 12.2 Å². The first-order chi connectivity index (χ1) is 21.7. The Bertz CT molecular complexity index is 748. The maximum absolute atomic E-state index is 6.74. The molecule has 2 fully saturated rings. The lowest BCUT2D eigenvalue weighted by atomic mass is 9.98. The lowest BCUT2D eigenvalue weighted by Crippen LogP contribution is -2.32. The van der Waals surface area contributed by atoms with Crippen molar-refractivity contribution >= 4 is 0 Å². The Kier molecular flexibility index (Phi) is 24.0. The van der Waals surface area contributed by atoms with Crippen LogP contribution in [0.25, 0.3) is 0 Å². The second-order valence-corrected chi connectivity index (χ2v) is 14.1. The first-order valence-electron chi connectivity index (χ1n) is 19.6. The maximum atomic E-state index is 6.74. The Morgan fingerprint density at radius 3 is 1.18 bits per heavy atom. The van der Waals surface area contributed by atoms with Gasteiger partial charge in [-0.15, -0.1) is 0 Å². The van der Waals surface area contributed by atoms with Gasteiger partial charge < -0.3 is 9.47 Å². The van der Waals surface area contributed by atoms with Crippen molar-refractivity contribution in [3.8, 4) is 0 Å². The number of allylic oxidation sites excluding steroid dienone is 8. The molecule has 0 radical (unpaired) electrons. The molecule has 254 valence electrons. The third-order valence-corrected chi connectivity index (χ3v) is 9.68. The van der Waals surface area contributed by atoms with Crippen LogP contribution >= 0.6 is 0 Å². The van der Waals surface area contributed by atoms with E-state index in [1.165, 1.54) is 148 Å². The Morgan fingerprint density at radius 1 is 0.455 bits per heavy atom. The van der Waals surface area contributed by atoms with Crippen LogP contribution in [0.4, 0.5) is 0 Å². The molecule has 2 aliphatic rings. The van der Waals surface area contributed by atoms with E-state index >= 15 is 0 Å². The summed E-state index contributed by atoms with van der Waals surface area (Å²) in [6.45, 7) is 6.90. The van der Waals surface area contributed by atoms with Crippen molar-refractivity contribution in [2.24, 2.45) is 5.92 Å². The smallest absolute Gasteiger partial charge is 0.169 e. The number of rotatable bonds is 29. The maximum Gasteiger partial charge on any atom is 0.169 e. The van der Waals surface area contributed by atoms with Crippen LogP contribution < -0.4 is 0 Å². The third kappa shape index (κ3) is 19.4. The first kappa shape index (κ1) is 39.1. The number of hydrogen-bond acceptors (Lipinski definition) is 2. The number of fused-ring (bicyclic) bond motifs is 1. The zero-order chi connectivity index (χ0) is 31.4. The van der Waals surface area contributed by atoms with E-state index in [1.54, 1.807) is 0 Å². The van der Waals surface area contributed by atoms with Crippen LogP contribution in [0.15, 0.2) is 48.6 Å². The van der Waals surface area contributed by atoms with Gasteiger partial charge in [-0.25, -0.2) is 0 Å².